The van der Waals surface area contributed by atoms with Gasteiger partial charge in [0.2, 0.25) is 5.91 Å². The van der Waals surface area contributed by atoms with Gasteiger partial charge in [0, 0.05) is 9.90 Å². The van der Waals surface area contributed by atoms with E-state index in [1.165, 1.54) is 4.90 Å². The Morgan fingerprint density at radius 1 is 0.966 bits per heavy atom. The zero-order valence-corrected chi connectivity index (χ0v) is 17.1. The number of thiophene rings is 1. The summed E-state index contributed by atoms with van der Waals surface area (Å²) in [6, 6.07) is 18.1. The molecule has 7 heteroatoms. The van der Waals surface area contributed by atoms with Crippen LogP contribution in [0.15, 0.2) is 66.0 Å². The van der Waals surface area contributed by atoms with Gasteiger partial charge < -0.3 is 0 Å². The van der Waals surface area contributed by atoms with E-state index in [1.54, 1.807) is 40.7 Å². The summed E-state index contributed by atoms with van der Waals surface area (Å²) in [6.07, 6.45) is -0.857. The average Bonchev–Trinajstić information content (AvgIpc) is 3.41. The maximum atomic E-state index is 13.4. The van der Waals surface area contributed by atoms with E-state index in [9.17, 15) is 9.59 Å². The van der Waals surface area contributed by atoms with Crippen molar-refractivity contribution in [3.05, 3.63) is 81.5 Å². The molecule has 2 aliphatic heterocycles. The van der Waals surface area contributed by atoms with Crippen LogP contribution in [-0.2, 0) is 14.4 Å². The van der Waals surface area contributed by atoms with E-state index in [-0.39, 0.29) is 17.9 Å². The fourth-order valence-electron chi connectivity index (χ4n) is 4.03. The predicted octanol–water partition coefficient (Wildman–Crippen LogP) is 4.76. The van der Waals surface area contributed by atoms with Gasteiger partial charge >= 0.3 is 0 Å². The summed E-state index contributed by atoms with van der Waals surface area (Å²) in [7, 11) is 0. The third-order valence-electron chi connectivity index (χ3n) is 5.39. The van der Waals surface area contributed by atoms with Gasteiger partial charge in [0.05, 0.1) is 11.4 Å². The monoisotopic (exact) mass is 424 g/mol. The Kier molecular flexibility index (Phi) is 4.42. The third kappa shape index (κ3) is 2.87. The van der Waals surface area contributed by atoms with Gasteiger partial charge in [0.1, 0.15) is 12.0 Å². The van der Waals surface area contributed by atoms with Crippen molar-refractivity contribution in [1.29, 1.82) is 0 Å². The summed E-state index contributed by atoms with van der Waals surface area (Å²) in [4.78, 5) is 35.0. The molecule has 2 saturated heterocycles. The van der Waals surface area contributed by atoms with Crippen LogP contribution in [0.5, 0.6) is 0 Å². The van der Waals surface area contributed by atoms with E-state index in [0.717, 1.165) is 16.1 Å². The number of aryl methyl sites for hydroxylation is 1. The van der Waals surface area contributed by atoms with Crippen molar-refractivity contribution in [1.82, 2.24) is 0 Å². The van der Waals surface area contributed by atoms with Crippen LogP contribution in [0.25, 0.3) is 0 Å². The number of carbonyl (C=O) groups is 2. The predicted molar refractivity (Wildman–Crippen MR) is 113 cm³/mol. The molecule has 0 spiro atoms. The normalized spacial score (nSPS) is 23.7. The summed E-state index contributed by atoms with van der Waals surface area (Å²) >= 11 is 7.52. The molecule has 5 rings (SSSR count). The smallest absolute Gasteiger partial charge is 0.266 e. The summed E-state index contributed by atoms with van der Waals surface area (Å²) < 4.78 is 0. The Morgan fingerprint density at radius 2 is 1.72 bits per heavy atom. The first kappa shape index (κ1) is 18.4. The van der Waals surface area contributed by atoms with Gasteiger partial charge in [0.15, 0.2) is 6.10 Å². The van der Waals surface area contributed by atoms with Gasteiger partial charge in [-0.1, -0.05) is 35.9 Å². The molecule has 3 atom stereocenters. The quantitative estimate of drug-likeness (QED) is 0.569. The lowest BCUT2D eigenvalue weighted by Gasteiger charge is -2.28. The molecular formula is C22H17ClN2O3S. The molecule has 0 aliphatic carbocycles. The summed E-state index contributed by atoms with van der Waals surface area (Å²) in [5, 5.41) is 4.26. The largest absolute Gasteiger partial charge is 0.273 e. The minimum absolute atomic E-state index is 0.253. The van der Waals surface area contributed by atoms with Crippen LogP contribution >= 0.6 is 22.9 Å². The Balaban J connectivity index is 1.58. The van der Waals surface area contributed by atoms with Crippen molar-refractivity contribution in [3.8, 4) is 0 Å². The van der Waals surface area contributed by atoms with E-state index in [1.807, 2.05) is 48.7 Å². The van der Waals surface area contributed by atoms with Crippen LogP contribution in [0.2, 0.25) is 5.02 Å². The molecule has 146 valence electrons. The van der Waals surface area contributed by atoms with Crippen molar-refractivity contribution in [2.45, 2.75) is 19.1 Å². The number of hydroxylamine groups is 1. The Morgan fingerprint density at radius 3 is 2.41 bits per heavy atom. The first-order chi connectivity index (χ1) is 14.1. The second kappa shape index (κ2) is 6.99. The van der Waals surface area contributed by atoms with Gasteiger partial charge in [-0.15, -0.1) is 11.3 Å². The lowest BCUT2D eigenvalue weighted by Crippen LogP contribution is -2.37. The number of rotatable bonds is 3. The number of halogens is 1. The summed E-state index contributed by atoms with van der Waals surface area (Å²) in [5.74, 6) is -1.21. The first-order valence-electron chi connectivity index (χ1n) is 9.24. The molecule has 0 saturated carbocycles. The van der Waals surface area contributed by atoms with Crippen molar-refractivity contribution >= 4 is 46.1 Å². The minimum Gasteiger partial charge on any atom is -0.273 e. The number of imide groups is 1. The van der Waals surface area contributed by atoms with Crippen molar-refractivity contribution < 1.29 is 14.4 Å². The molecule has 1 aromatic heterocycles. The number of nitrogens with zero attached hydrogens (tertiary/aromatic N) is 2. The Bertz CT molecular complexity index is 1080. The molecule has 2 aliphatic rings. The van der Waals surface area contributed by atoms with Crippen LogP contribution in [0.1, 0.15) is 16.5 Å². The van der Waals surface area contributed by atoms with Crippen LogP contribution in [0.4, 0.5) is 11.4 Å². The van der Waals surface area contributed by atoms with Crippen LogP contribution in [-0.4, -0.2) is 17.9 Å². The standard InChI is InChI=1S/C22H17ClN2O3S/c1-13-5-2-3-6-16(13)25-19(17-7-4-12-29-17)18-20(28-25)22(27)24(21(18)26)15-10-8-14(23)9-11-15/h2-12,18-20H,1H3/t18-,19-,20-/m1/s1. The highest BCUT2D eigenvalue weighted by Gasteiger charge is 2.60. The number of hydrogen-bond donors (Lipinski definition) is 0. The molecule has 29 heavy (non-hydrogen) atoms. The molecule has 2 amide bonds. The van der Waals surface area contributed by atoms with Crippen molar-refractivity contribution in [2.75, 3.05) is 9.96 Å². The van der Waals surface area contributed by atoms with E-state index in [2.05, 4.69) is 0 Å². The molecule has 0 radical (unpaired) electrons. The van der Waals surface area contributed by atoms with Gasteiger partial charge in [-0.2, -0.15) is 0 Å². The molecule has 0 bridgehead atoms. The molecule has 3 heterocycles. The Hall–Kier alpha value is -2.67. The molecule has 2 aromatic carbocycles. The maximum Gasteiger partial charge on any atom is 0.266 e. The van der Waals surface area contributed by atoms with E-state index in [4.69, 9.17) is 16.4 Å². The van der Waals surface area contributed by atoms with Crippen molar-refractivity contribution in [3.63, 3.8) is 0 Å². The van der Waals surface area contributed by atoms with Crippen LogP contribution < -0.4 is 9.96 Å². The van der Waals surface area contributed by atoms with Gasteiger partial charge in [-0.25, -0.2) is 9.96 Å². The lowest BCUT2D eigenvalue weighted by molar-refractivity contribution is -0.126. The number of carbonyl (C=O) groups excluding carboxylic acids is 2. The Labute approximate surface area is 177 Å². The zero-order valence-electron chi connectivity index (χ0n) is 15.5. The molecule has 0 unspecified atom stereocenters. The summed E-state index contributed by atoms with van der Waals surface area (Å²) in [5.41, 5.74) is 2.39. The second-order valence-electron chi connectivity index (χ2n) is 7.11. The topological polar surface area (TPSA) is 49.9 Å². The SMILES string of the molecule is Cc1ccccc1N1O[C@H]2C(=O)N(c3ccc(Cl)cc3)C(=O)[C@@H]2[C@H]1c1cccs1. The van der Waals surface area contributed by atoms with E-state index < -0.39 is 12.0 Å². The van der Waals surface area contributed by atoms with Crippen molar-refractivity contribution in [2.24, 2.45) is 5.92 Å². The van der Waals surface area contributed by atoms with Crippen LogP contribution in [0, 0.1) is 12.8 Å². The maximum absolute atomic E-state index is 13.4. The lowest BCUT2D eigenvalue weighted by atomic mass is 9.95. The zero-order chi connectivity index (χ0) is 20.1. The number of anilines is 2. The van der Waals surface area contributed by atoms with Gasteiger partial charge in [-0.05, 0) is 54.3 Å². The third-order valence-corrected chi connectivity index (χ3v) is 6.58. The fourth-order valence-corrected chi connectivity index (χ4v) is 5.01. The van der Waals surface area contributed by atoms with Gasteiger partial charge in [-0.3, -0.25) is 14.4 Å². The first-order valence-corrected chi connectivity index (χ1v) is 10.5. The molecule has 3 aromatic rings. The number of amides is 2. The van der Waals surface area contributed by atoms with E-state index in [0.29, 0.717) is 10.7 Å². The second-order valence-corrected chi connectivity index (χ2v) is 8.53. The van der Waals surface area contributed by atoms with Crippen LogP contribution in [0.3, 0.4) is 0 Å². The molecule has 5 nitrogen and oxygen atoms in total. The van der Waals surface area contributed by atoms with E-state index >= 15 is 0 Å². The number of benzene rings is 2. The number of hydrogen-bond acceptors (Lipinski definition) is 5. The fraction of sp³-hybridized carbons (Fsp3) is 0.182. The molecule has 2 fully saturated rings. The molecule has 0 N–H and O–H groups in total. The summed E-state index contributed by atoms with van der Waals surface area (Å²) in [6.45, 7) is 1.99. The number of para-hydroxylation sites is 1. The highest BCUT2D eigenvalue weighted by molar-refractivity contribution is 7.10. The minimum atomic E-state index is -0.857. The average molecular weight is 425 g/mol. The number of fused-ring (bicyclic) bond motifs is 1. The highest BCUT2D eigenvalue weighted by Crippen LogP contribution is 2.49. The van der Waals surface area contributed by atoms with Gasteiger partial charge in [0.25, 0.3) is 5.91 Å². The highest BCUT2D eigenvalue weighted by atomic mass is 35.5. The molecular weight excluding hydrogens is 408 g/mol.